The van der Waals surface area contributed by atoms with E-state index in [4.69, 9.17) is 4.74 Å². The molecule has 0 aliphatic heterocycles. The van der Waals surface area contributed by atoms with Crippen LogP contribution in [0, 0.1) is 5.92 Å². The fourth-order valence-electron chi connectivity index (χ4n) is 2.95. The van der Waals surface area contributed by atoms with Gasteiger partial charge in [-0.1, -0.05) is 74.5 Å². The van der Waals surface area contributed by atoms with Gasteiger partial charge in [-0.15, -0.1) is 0 Å². The first-order chi connectivity index (χ1) is 14.0. The summed E-state index contributed by atoms with van der Waals surface area (Å²) in [6.07, 6.45) is 0.238. The molecule has 2 aromatic rings. The zero-order chi connectivity index (χ0) is 21.1. The lowest BCUT2D eigenvalue weighted by atomic mass is 10.1. The fourth-order valence-corrected chi connectivity index (χ4v) is 2.95. The second-order valence-electron chi connectivity index (χ2n) is 7.41. The van der Waals surface area contributed by atoms with Crippen LogP contribution in [-0.2, 0) is 22.6 Å². The largest absolute Gasteiger partial charge is 0.480 e. The van der Waals surface area contributed by atoms with E-state index in [1.165, 1.54) is 0 Å². The van der Waals surface area contributed by atoms with Crippen molar-refractivity contribution in [2.45, 2.75) is 32.9 Å². The van der Waals surface area contributed by atoms with Crippen molar-refractivity contribution in [3.63, 3.8) is 0 Å². The van der Waals surface area contributed by atoms with Gasteiger partial charge in [0.15, 0.2) is 0 Å². The molecule has 0 fully saturated rings. The van der Waals surface area contributed by atoms with Gasteiger partial charge in [-0.2, -0.15) is 0 Å². The van der Waals surface area contributed by atoms with Gasteiger partial charge in [-0.3, -0.25) is 0 Å². The third-order valence-electron chi connectivity index (χ3n) is 4.37. The van der Waals surface area contributed by atoms with Gasteiger partial charge in [0.25, 0.3) is 0 Å². The highest BCUT2D eigenvalue weighted by Crippen LogP contribution is 2.06. The first kappa shape index (κ1) is 22.4. The van der Waals surface area contributed by atoms with E-state index in [1.54, 1.807) is 4.90 Å². The lowest BCUT2D eigenvalue weighted by Gasteiger charge is -2.26. The Morgan fingerprint density at radius 2 is 1.59 bits per heavy atom. The van der Waals surface area contributed by atoms with Gasteiger partial charge < -0.3 is 20.1 Å². The Bertz CT molecular complexity index is 750. The minimum Gasteiger partial charge on any atom is -0.480 e. The van der Waals surface area contributed by atoms with E-state index in [1.807, 2.05) is 74.5 Å². The van der Waals surface area contributed by atoms with Gasteiger partial charge in [0, 0.05) is 19.5 Å². The molecule has 0 saturated carbocycles. The normalized spacial score (nSPS) is 11.8. The highest BCUT2D eigenvalue weighted by Gasteiger charge is 2.24. The van der Waals surface area contributed by atoms with E-state index in [0.29, 0.717) is 26.3 Å². The van der Waals surface area contributed by atoms with Crippen molar-refractivity contribution in [2.75, 3.05) is 19.7 Å². The molecular weight excluding hydrogens is 368 g/mol. The zero-order valence-electron chi connectivity index (χ0n) is 17.1. The van der Waals surface area contributed by atoms with Crippen molar-refractivity contribution in [1.29, 1.82) is 0 Å². The Morgan fingerprint density at radius 3 is 2.14 bits per heavy atom. The van der Waals surface area contributed by atoms with E-state index < -0.39 is 12.0 Å². The van der Waals surface area contributed by atoms with Gasteiger partial charge in [-0.25, -0.2) is 9.59 Å². The molecule has 29 heavy (non-hydrogen) atoms. The van der Waals surface area contributed by atoms with Crippen LogP contribution in [0.4, 0.5) is 4.79 Å². The third-order valence-corrected chi connectivity index (χ3v) is 4.37. The molecule has 2 rings (SSSR count). The maximum atomic E-state index is 12.7. The van der Waals surface area contributed by atoms with Gasteiger partial charge in [0.2, 0.25) is 0 Å². The van der Waals surface area contributed by atoms with Crippen LogP contribution < -0.4 is 5.32 Å². The summed E-state index contributed by atoms with van der Waals surface area (Å²) < 4.78 is 5.69. The molecule has 0 heterocycles. The first-order valence-corrected chi connectivity index (χ1v) is 9.89. The number of carboxylic acids is 1. The molecule has 2 aromatic carbocycles. The van der Waals surface area contributed by atoms with Crippen LogP contribution in [0.3, 0.4) is 0 Å². The second kappa shape index (κ2) is 11.9. The number of amides is 2. The smallest absolute Gasteiger partial charge is 0.326 e. The summed E-state index contributed by atoms with van der Waals surface area (Å²) in [6, 6.07) is 17.7. The van der Waals surface area contributed by atoms with Crippen LogP contribution in [0.25, 0.3) is 0 Å². The molecule has 6 nitrogen and oxygen atoms in total. The number of hydrogen-bond acceptors (Lipinski definition) is 3. The van der Waals surface area contributed by atoms with Crippen molar-refractivity contribution >= 4 is 12.0 Å². The quantitative estimate of drug-likeness (QED) is 0.567. The zero-order valence-corrected chi connectivity index (χ0v) is 17.1. The summed E-state index contributed by atoms with van der Waals surface area (Å²) in [6.45, 7) is 5.81. The summed E-state index contributed by atoms with van der Waals surface area (Å²) in [7, 11) is 0. The maximum absolute atomic E-state index is 12.7. The average molecular weight is 399 g/mol. The summed E-state index contributed by atoms with van der Waals surface area (Å²) in [4.78, 5) is 26.0. The number of nitrogens with zero attached hydrogens (tertiary/aromatic N) is 1. The molecule has 0 saturated heterocycles. The third kappa shape index (κ3) is 8.35. The molecule has 0 aliphatic rings. The topological polar surface area (TPSA) is 78.9 Å². The number of carboxylic acid groups (broad SMARTS) is 1. The molecule has 0 spiro atoms. The van der Waals surface area contributed by atoms with Crippen LogP contribution >= 0.6 is 0 Å². The van der Waals surface area contributed by atoms with Crippen molar-refractivity contribution in [3.8, 4) is 0 Å². The van der Waals surface area contributed by atoms with Crippen molar-refractivity contribution in [1.82, 2.24) is 10.2 Å². The predicted molar refractivity (Wildman–Crippen MR) is 113 cm³/mol. The lowest BCUT2D eigenvalue weighted by molar-refractivity contribution is -0.139. The monoisotopic (exact) mass is 398 g/mol. The summed E-state index contributed by atoms with van der Waals surface area (Å²) in [5, 5.41) is 12.2. The Labute approximate surface area is 172 Å². The molecule has 1 atom stereocenters. The van der Waals surface area contributed by atoms with E-state index in [0.717, 1.165) is 11.1 Å². The van der Waals surface area contributed by atoms with Crippen LogP contribution in [0.1, 0.15) is 25.0 Å². The molecule has 156 valence electrons. The molecule has 0 unspecified atom stereocenters. The number of urea groups is 1. The molecule has 2 amide bonds. The van der Waals surface area contributed by atoms with Crippen LogP contribution in [0.2, 0.25) is 0 Å². The van der Waals surface area contributed by atoms with E-state index in [2.05, 4.69) is 5.32 Å². The molecule has 0 radical (unpaired) electrons. The minimum absolute atomic E-state index is 0.238. The van der Waals surface area contributed by atoms with Crippen LogP contribution in [0.5, 0.6) is 0 Å². The van der Waals surface area contributed by atoms with E-state index in [-0.39, 0.29) is 18.4 Å². The highest BCUT2D eigenvalue weighted by molar-refractivity contribution is 5.82. The SMILES string of the molecule is CC(C)CN(CCOCc1ccccc1)C(=O)N[C@@H](Cc1ccccc1)C(=O)O. The number of benzene rings is 2. The van der Waals surface area contributed by atoms with Gasteiger partial charge in [-0.05, 0) is 17.0 Å². The number of carbonyl (C=O) groups is 2. The van der Waals surface area contributed by atoms with Gasteiger partial charge >= 0.3 is 12.0 Å². The molecule has 6 heteroatoms. The first-order valence-electron chi connectivity index (χ1n) is 9.89. The van der Waals surface area contributed by atoms with Crippen molar-refractivity contribution < 1.29 is 19.4 Å². The Morgan fingerprint density at radius 1 is 1.00 bits per heavy atom. The van der Waals surface area contributed by atoms with Gasteiger partial charge in [0.1, 0.15) is 6.04 Å². The van der Waals surface area contributed by atoms with Crippen LogP contribution in [-0.4, -0.2) is 47.7 Å². The molecule has 0 aliphatic carbocycles. The Kier molecular flexibility index (Phi) is 9.18. The number of ether oxygens (including phenoxy) is 1. The number of rotatable bonds is 11. The maximum Gasteiger partial charge on any atom is 0.326 e. The van der Waals surface area contributed by atoms with Crippen molar-refractivity contribution in [3.05, 3.63) is 71.8 Å². The summed E-state index contributed by atoms with van der Waals surface area (Å²) in [5.74, 6) is -0.792. The number of hydrogen-bond donors (Lipinski definition) is 2. The molecule has 2 N–H and O–H groups in total. The standard InChI is InChI=1S/C23H30N2O4/c1-18(2)16-25(13-14-29-17-20-11-7-4-8-12-20)23(28)24-21(22(26)27)15-19-9-5-3-6-10-19/h3-12,18,21H,13-17H2,1-2H3,(H,24,28)(H,26,27)/t21-/m0/s1. The number of carbonyl (C=O) groups excluding carboxylic acids is 1. The minimum atomic E-state index is -1.05. The van der Waals surface area contributed by atoms with Gasteiger partial charge in [0.05, 0.1) is 13.2 Å². The van der Waals surface area contributed by atoms with E-state index in [9.17, 15) is 14.7 Å². The van der Waals surface area contributed by atoms with E-state index >= 15 is 0 Å². The Hall–Kier alpha value is -2.86. The summed E-state index contributed by atoms with van der Waals surface area (Å²) in [5.41, 5.74) is 1.93. The second-order valence-corrected chi connectivity index (χ2v) is 7.41. The highest BCUT2D eigenvalue weighted by atomic mass is 16.5. The number of aliphatic carboxylic acids is 1. The Balaban J connectivity index is 1.90. The average Bonchev–Trinajstić information content (AvgIpc) is 2.71. The molecule has 0 bridgehead atoms. The lowest BCUT2D eigenvalue weighted by Crippen LogP contribution is -2.50. The van der Waals surface area contributed by atoms with Crippen molar-refractivity contribution in [2.24, 2.45) is 5.92 Å². The van der Waals surface area contributed by atoms with Crippen LogP contribution in [0.15, 0.2) is 60.7 Å². The summed E-state index contributed by atoms with van der Waals surface area (Å²) >= 11 is 0. The number of nitrogens with one attached hydrogen (secondary N) is 1. The predicted octanol–water partition coefficient (Wildman–Crippen LogP) is 3.57. The molecular formula is C23H30N2O4. The molecule has 0 aromatic heterocycles. The fraction of sp³-hybridized carbons (Fsp3) is 0.391.